The fraction of sp³-hybridized carbons (Fsp3) is 0.278. The number of hydrogen-bond donors (Lipinski definition) is 2. The van der Waals surface area contributed by atoms with Gasteiger partial charge in [0.2, 0.25) is 0 Å². The largest absolute Gasteiger partial charge is 0.492 e. The molecule has 0 saturated heterocycles. The monoisotopic (exact) mass is 298 g/mol. The van der Waals surface area contributed by atoms with Crippen LogP contribution in [0, 0.1) is 13.8 Å². The van der Waals surface area contributed by atoms with Gasteiger partial charge < -0.3 is 15.4 Å². The van der Waals surface area contributed by atoms with Gasteiger partial charge in [-0.3, -0.25) is 0 Å². The average molecular weight is 298 g/mol. The second kappa shape index (κ2) is 8.08. The molecule has 0 aliphatic heterocycles. The van der Waals surface area contributed by atoms with Crippen LogP contribution in [-0.4, -0.2) is 19.2 Å². The van der Waals surface area contributed by atoms with Gasteiger partial charge in [0.25, 0.3) is 0 Å². The molecule has 2 aromatic carbocycles. The fourth-order valence-corrected chi connectivity index (χ4v) is 1.99. The van der Waals surface area contributed by atoms with Gasteiger partial charge in [0.05, 0.1) is 6.54 Å². The van der Waals surface area contributed by atoms with Crippen molar-refractivity contribution in [1.29, 1.82) is 0 Å². The minimum Gasteiger partial charge on any atom is -0.492 e. The summed E-state index contributed by atoms with van der Waals surface area (Å²) in [5.41, 5.74) is 3.44. The van der Waals surface area contributed by atoms with Crippen molar-refractivity contribution in [3.8, 4) is 5.75 Å². The molecule has 4 heteroatoms. The summed E-state index contributed by atoms with van der Waals surface area (Å²) in [5.74, 6) is 0.821. The molecular formula is C18H22N2O2. The molecule has 2 rings (SSSR count). The van der Waals surface area contributed by atoms with Crippen molar-refractivity contribution in [1.82, 2.24) is 10.6 Å². The van der Waals surface area contributed by atoms with E-state index in [4.69, 9.17) is 4.74 Å². The number of rotatable bonds is 6. The van der Waals surface area contributed by atoms with Gasteiger partial charge in [-0.15, -0.1) is 0 Å². The van der Waals surface area contributed by atoms with Crippen LogP contribution in [-0.2, 0) is 6.54 Å². The Bertz CT molecular complexity index is 609. The molecule has 0 heterocycles. The van der Waals surface area contributed by atoms with Crippen LogP contribution < -0.4 is 15.4 Å². The van der Waals surface area contributed by atoms with Crippen LogP contribution in [0.3, 0.4) is 0 Å². The zero-order valence-electron chi connectivity index (χ0n) is 13.1. The maximum Gasteiger partial charge on any atom is 0.315 e. The van der Waals surface area contributed by atoms with E-state index in [0.717, 1.165) is 16.9 Å². The Morgan fingerprint density at radius 2 is 1.77 bits per heavy atom. The van der Waals surface area contributed by atoms with E-state index >= 15 is 0 Å². The van der Waals surface area contributed by atoms with Crippen LogP contribution in [0.5, 0.6) is 5.75 Å². The first-order valence-corrected chi connectivity index (χ1v) is 7.40. The third kappa shape index (κ3) is 5.48. The van der Waals surface area contributed by atoms with Gasteiger partial charge in [0, 0.05) is 6.54 Å². The van der Waals surface area contributed by atoms with Crippen molar-refractivity contribution in [2.24, 2.45) is 0 Å². The van der Waals surface area contributed by atoms with E-state index in [-0.39, 0.29) is 6.03 Å². The number of carbonyl (C=O) groups is 1. The van der Waals surface area contributed by atoms with Crippen LogP contribution in [0.2, 0.25) is 0 Å². The zero-order valence-corrected chi connectivity index (χ0v) is 13.1. The van der Waals surface area contributed by atoms with E-state index in [9.17, 15) is 4.79 Å². The predicted octanol–water partition coefficient (Wildman–Crippen LogP) is 3.18. The quantitative estimate of drug-likeness (QED) is 0.805. The highest BCUT2D eigenvalue weighted by Gasteiger charge is 2.00. The molecule has 0 radical (unpaired) electrons. The van der Waals surface area contributed by atoms with Crippen molar-refractivity contribution in [3.05, 3.63) is 65.2 Å². The summed E-state index contributed by atoms with van der Waals surface area (Å²) in [5, 5.41) is 5.59. The Balaban J connectivity index is 1.62. The Hall–Kier alpha value is -2.49. The topological polar surface area (TPSA) is 50.4 Å². The fourth-order valence-electron chi connectivity index (χ4n) is 1.99. The van der Waals surface area contributed by atoms with E-state index in [1.54, 1.807) is 0 Å². The molecule has 0 bridgehead atoms. The van der Waals surface area contributed by atoms with Gasteiger partial charge in [-0.05, 0) is 37.1 Å². The molecule has 0 fully saturated rings. The number of ether oxygens (including phenoxy) is 1. The van der Waals surface area contributed by atoms with Crippen molar-refractivity contribution in [2.75, 3.05) is 13.2 Å². The number of aryl methyl sites for hydroxylation is 2. The molecule has 0 unspecified atom stereocenters. The first-order chi connectivity index (χ1) is 10.6. The number of amides is 2. The lowest BCUT2D eigenvalue weighted by atomic mass is 10.1. The highest BCUT2D eigenvalue weighted by molar-refractivity contribution is 5.73. The summed E-state index contributed by atoms with van der Waals surface area (Å²) in [6.45, 7) is 5.49. The maximum absolute atomic E-state index is 11.7. The Morgan fingerprint density at radius 3 is 2.50 bits per heavy atom. The van der Waals surface area contributed by atoms with Crippen molar-refractivity contribution in [3.63, 3.8) is 0 Å². The average Bonchev–Trinajstić information content (AvgIpc) is 2.51. The van der Waals surface area contributed by atoms with E-state index in [1.165, 1.54) is 5.56 Å². The van der Waals surface area contributed by atoms with Crippen LogP contribution in [0.4, 0.5) is 4.79 Å². The molecule has 116 valence electrons. The first kappa shape index (κ1) is 15.9. The predicted molar refractivity (Wildman–Crippen MR) is 88.1 cm³/mol. The number of benzene rings is 2. The second-order valence-corrected chi connectivity index (χ2v) is 5.26. The van der Waals surface area contributed by atoms with Gasteiger partial charge in [-0.1, -0.05) is 42.0 Å². The normalized spacial score (nSPS) is 10.1. The van der Waals surface area contributed by atoms with Gasteiger partial charge in [0.15, 0.2) is 0 Å². The first-order valence-electron chi connectivity index (χ1n) is 7.40. The smallest absolute Gasteiger partial charge is 0.315 e. The summed E-state index contributed by atoms with van der Waals surface area (Å²) in [7, 11) is 0. The van der Waals surface area contributed by atoms with Crippen molar-refractivity contribution in [2.45, 2.75) is 20.4 Å². The minimum absolute atomic E-state index is 0.187. The molecular weight excluding hydrogens is 276 g/mol. The van der Waals surface area contributed by atoms with Crippen LogP contribution in [0.25, 0.3) is 0 Å². The van der Waals surface area contributed by atoms with Crippen LogP contribution in [0.15, 0.2) is 48.5 Å². The molecule has 0 aliphatic rings. The molecule has 0 atom stereocenters. The Morgan fingerprint density at radius 1 is 1.00 bits per heavy atom. The van der Waals surface area contributed by atoms with E-state index in [0.29, 0.717) is 19.7 Å². The van der Waals surface area contributed by atoms with Gasteiger partial charge in [0.1, 0.15) is 12.4 Å². The van der Waals surface area contributed by atoms with E-state index in [2.05, 4.69) is 10.6 Å². The summed E-state index contributed by atoms with van der Waals surface area (Å²) in [6, 6.07) is 15.7. The van der Waals surface area contributed by atoms with Crippen molar-refractivity contribution < 1.29 is 9.53 Å². The molecule has 2 aromatic rings. The van der Waals surface area contributed by atoms with Gasteiger partial charge in [-0.2, -0.15) is 0 Å². The highest BCUT2D eigenvalue weighted by atomic mass is 16.5. The van der Waals surface area contributed by atoms with E-state index in [1.807, 2.05) is 62.4 Å². The lowest BCUT2D eigenvalue weighted by Crippen LogP contribution is -2.37. The SMILES string of the molecule is Cc1ccc(CNC(=O)NCCOc2cccc(C)c2)cc1. The molecule has 2 N–H and O–H groups in total. The van der Waals surface area contributed by atoms with Crippen molar-refractivity contribution >= 4 is 6.03 Å². The minimum atomic E-state index is -0.187. The standard InChI is InChI=1S/C18H22N2O2/c1-14-6-8-16(9-7-14)13-20-18(21)19-10-11-22-17-5-3-4-15(2)12-17/h3-9,12H,10-11,13H2,1-2H3,(H2,19,20,21). The third-order valence-corrected chi connectivity index (χ3v) is 3.22. The van der Waals surface area contributed by atoms with Gasteiger partial charge in [-0.25, -0.2) is 4.79 Å². The molecule has 2 amide bonds. The number of carbonyl (C=O) groups excluding carboxylic acids is 1. The molecule has 0 saturated carbocycles. The summed E-state index contributed by atoms with van der Waals surface area (Å²) in [6.07, 6.45) is 0. The van der Waals surface area contributed by atoms with Crippen LogP contribution >= 0.6 is 0 Å². The van der Waals surface area contributed by atoms with Gasteiger partial charge >= 0.3 is 6.03 Å². The summed E-state index contributed by atoms with van der Waals surface area (Å²) in [4.78, 5) is 11.7. The zero-order chi connectivity index (χ0) is 15.8. The Labute approximate surface area is 131 Å². The summed E-state index contributed by atoms with van der Waals surface area (Å²) < 4.78 is 5.57. The second-order valence-electron chi connectivity index (χ2n) is 5.26. The number of urea groups is 1. The number of hydrogen-bond acceptors (Lipinski definition) is 2. The number of nitrogens with one attached hydrogen (secondary N) is 2. The van der Waals surface area contributed by atoms with Crippen LogP contribution in [0.1, 0.15) is 16.7 Å². The molecule has 22 heavy (non-hydrogen) atoms. The highest BCUT2D eigenvalue weighted by Crippen LogP contribution is 2.11. The third-order valence-electron chi connectivity index (χ3n) is 3.22. The lowest BCUT2D eigenvalue weighted by Gasteiger charge is -2.09. The Kier molecular flexibility index (Phi) is 5.83. The lowest BCUT2D eigenvalue weighted by molar-refractivity contribution is 0.236. The van der Waals surface area contributed by atoms with E-state index < -0.39 is 0 Å². The molecule has 0 aromatic heterocycles. The molecule has 0 aliphatic carbocycles. The summed E-state index contributed by atoms with van der Waals surface area (Å²) >= 11 is 0. The molecule has 0 spiro atoms. The maximum atomic E-state index is 11.7. The molecule has 4 nitrogen and oxygen atoms in total.